The second-order valence-corrected chi connectivity index (χ2v) is 7.39. The molecule has 1 saturated heterocycles. The van der Waals surface area contributed by atoms with Crippen LogP contribution in [0.3, 0.4) is 0 Å². The molecular formula is C19H34N2O3. The van der Waals surface area contributed by atoms with E-state index in [0.717, 1.165) is 19.3 Å². The van der Waals surface area contributed by atoms with Gasteiger partial charge in [0, 0.05) is 32.2 Å². The normalized spacial score (nSPS) is 26.2. The van der Waals surface area contributed by atoms with Crippen LogP contribution in [0.5, 0.6) is 0 Å². The van der Waals surface area contributed by atoms with Crippen LogP contribution in [0.25, 0.3) is 0 Å². The van der Waals surface area contributed by atoms with E-state index in [2.05, 4.69) is 5.32 Å². The van der Waals surface area contributed by atoms with Crippen molar-refractivity contribution in [3.8, 4) is 0 Å². The van der Waals surface area contributed by atoms with E-state index >= 15 is 0 Å². The van der Waals surface area contributed by atoms with Gasteiger partial charge in [-0.25, -0.2) is 0 Å². The van der Waals surface area contributed by atoms with Crippen LogP contribution in [0.4, 0.5) is 0 Å². The zero-order valence-corrected chi connectivity index (χ0v) is 15.4. The summed E-state index contributed by atoms with van der Waals surface area (Å²) in [7, 11) is 0. The Kier molecular flexibility index (Phi) is 7.53. The van der Waals surface area contributed by atoms with Gasteiger partial charge >= 0.3 is 0 Å². The van der Waals surface area contributed by atoms with Crippen molar-refractivity contribution in [1.82, 2.24) is 10.2 Å². The molecule has 0 aromatic rings. The molecule has 1 atom stereocenters. The number of amides is 2. The van der Waals surface area contributed by atoms with Crippen molar-refractivity contribution in [2.75, 3.05) is 19.8 Å². The third kappa shape index (κ3) is 4.95. The molecule has 1 aliphatic carbocycles. The molecule has 0 aromatic heterocycles. The molecule has 0 radical (unpaired) electrons. The number of nitrogens with one attached hydrogen (secondary N) is 1. The Morgan fingerprint density at radius 3 is 2.58 bits per heavy atom. The molecule has 5 nitrogen and oxygen atoms in total. The second kappa shape index (κ2) is 9.40. The van der Waals surface area contributed by atoms with Crippen molar-refractivity contribution in [1.29, 1.82) is 0 Å². The molecule has 138 valence electrons. The molecule has 2 aliphatic rings. The van der Waals surface area contributed by atoms with Crippen molar-refractivity contribution in [3.05, 3.63) is 0 Å². The smallest absolute Gasteiger partial charge is 0.245 e. The number of nitrogens with zero attached hydrogens (tertiary/aromatic N) is 1. The molecule has 1 N–H and O–H groups in total. The summed E-state index contributed by atoms with van der Waals surface area (Å²) in [5.74, 6) is 0.136. The first-order valence-corrected chi connectivity index (χ1v) is 9.77. The van der Waals surface area contributed by atoms with Gasteiger partial charge in [-0.1, -0.05) is 32.1 Å². The Labute approximate surface area is 146 Å². The minimum atomic E-state index is -0.689. The van der Waals surface area contributed by atoms with Crippen molar-refractivity contribution in [2.24, 2.45) is 0 Å². The molecule has 2 amide bonds. The first-order chi connectivity index (χ1) is 11.6. The van der Waals surface area contributed by atoms with Gasteiger partial charge in [-0.3, -0.25) is 9.59 Å². The van der Waals surface area contributed by atoms with Gasteiger partial charge in [0.1, 0.15) is 5.54 Å². The summed E-state index contributed by atoms with van der Waals surface area (Å²) in [6.07, 6.45) is 10.3. The van der Waals surface area contributed by atoms with Gasteiger partial charge in [-0.05, 0) is 39.5 Å². The summed E-state index contributed by atoms with van der Waals surface area (Å²) in [5, 5.41) is 3.26. The van der Waals surface area contributed by atoms with Gasteiger partial charge in [0.15, 0.2) is 0 Å². The molecular weight excluding hydrogens is 304 g/mol. The number of hydrogen-bond acceptors (Lipinski definition) is 3. The zero-order valence-electron chi connectivity index (χ0n) is 15.4. The highest BCUT2D eigenvalue weighted by molar-refractivity contribution is 5.94. The summed E-state index contributed by atoms with van der Waals surface area (Å²) in [6, 6.07) is 0.274. The van der Waals surface area contributed by atoms with Crippen LogP contribution in [0.2, 0.25) is 0 Å². The van der Waals surface area contributed by atoms with E-state index in [0.29, 0.717) is 32.6 Å². The van der Waals surface area contributed by atoms with Crippen molar-refractivity contribution in [2.45, 2.75) is 89.6 Å². The Bertz CT molecular complexity index is 419. The maximum absolute atomic E-state index is 12.9. The predicted octanol–water partition coefficient (Wildman–Crippen LogP) is 3.02. The molecule has 2 fully saturated rings. The Hall–Kier alpha value is -1.10. The molecule has 1 saturated carbocycles. The number of likely N-dealkylation sites (tertiary alicyclic amines) is 1. The summed E-state index contributed by atoms with van der Waals surface area (Å²) in [5.41, 5.74) is -0.689. The third-order valence-corrected chi connectivity index (χ3v) is 5.53. The highest BCUT2D eigenvalue weighted by Crippen LogP contribution is 2.31. The quantitative estimate of drug-likeness (QED) is 0.726. The van der Waals surface area contributed by atoms with E-state index in [9.17, 15) is 9.59 Å². The standard InChI is InChI=1S/C19H34N2O3/c1-3-24-15-9-14-21-17(22)12-13-19(21,2)18(23)20-16-10-7-5-4-6-8-11-16/h16H,3-15H2,1-2H3,(H,20,23). The van der Waals surface area contributed by atoms with Crippen molar-refractivity contribution in [3.63, 3.8) is 0 Å². The minimum Gasteiger partial charge on any atom is -0.382 e. The molecule has 0 bridgehead atoms. The fourth-order valence-corrected chi connectivity index (χ4v) is 3.91. The number of ether oxygens (including phenoxy) is 1. The third-order valence-electron chi connectivity index (χ3n) is 5.53. The van der Waals surface area contributed by atoms with Crippen LogP contribution in [0.15, 0.2) is 0 Å². The molecule has 1 aliphatic heterocycles. The lowest BCUT2D eigenvalue weighted by Gasteiger charge is -2.35. The SMILES string of the molecule is CCOCCCN1C(=O)CCC1(C)C(=O)NC1CCCCCCC1. The Morgan fingerprint density at radius 1 is 1.25 bits per heavy atom. The largest absolute Gasteiger partial charge is 0.382 e. The van der Waals surface area contributed by atoms with Crippen LogP contribution in [0, 0.1) is 0 Å². The van der Waals surface area contributed by atoms with Crippen LogP contribution >= 0.6 is 0 Å². The summed E-state index contributed by atoms with van der Waals surface area (Å²) >= 11 is 0. The van der Waals surface area contributed by atoms with E-state index in [1.54, 1.807) is 4.90 Å². The van der Waals surface area contributed by atoms with Gasteiger partial charge in [-0.15, -0.1) is 0 Å². The Morgan fingerprint density at radius 2 is 1.92 bits per heavy atom. The van der Waals surface area contributed by atoms with Crippen LogP contribution in [0.1, 0.15) is 78.1 Å². The lowest BCUT2D eigenvalue weighted by atomic mass is 9.93. The van der Waals surface area contributed by atoms with Crippen LogP contribution in [-0.2, 0) is 14.3 Å². The second-order valence-electron chi connectivity index (χ2n) is 7.39. The van der Waals surface area contributed by atoms with Crippen molar-refractivity contribution < 1.29 is 14.3 Å². The van der Waals surface area contributed by atoms with Gasteiger partial charge in [-0.2, -0.15) is 0 Å². The molecule has 1 heterocycles. The predicted molar refractivity (Wildman–Crippen MR) is 94.7 cm³/mol. The average molecular weight is 338 g/mol. The summed E-state index contributed by atoms with van der Waals surface area (Å²) in [6.45, 7) is 5.83. The fourth-order valence-electron chi connectivity index (χ4n) is 3.91. The molecule has 24 heavy (non-hydrogen) atoms. The van der Waals surface area contributed by atoms with E-state index < -0.39 is 5.54 Å². The highest BCUT2D eigenvalue weighted by atomic mass is 16.5. The van der Waals surface area contributed by atoms with Gasteiger partial charge < -0.3 is 15.0 Å². The molecule has 0 spiro atoms. The molecule has 0 aromatic carbocycles. The van der Waals surface area contributed by atoms with Crippen LogP contribution < -0.4 is 5.32 Å². The number of rotatable bonds is 7. The Balaban J connectivity index is 1.92. The van der Waals surface area contributed by atoms with E-state index in [-0.39, 0.29) is 17.9 Å². The molecule has 1 unspecified atom stereocenters. The number of carbonyl (C=O) groups is 2. The maximum atomic E-state index is 12.9. The van der Waals surface area contributed by atoms with Crippen LogP contribution in [-0.4, -0.2) is 48.1 Å². The lowest BCUT2D eigenvalue weighted by molar-refractivity contribution is -0.141. The molecule has 2 rings (SSSR count). The number of carbonyl (C=O) groups excluding carboxylic acids is 2. The van der Waals surface area contributed by atoms with E-state index in [1.165, 1.54) is 32.1 Å². The van der Waals surface area contributed by atoms with Crippen molar-refractivity contribution >= 4 is 11.8 Å². The fraction of sp³-hybridized carbons (Fsp3) is 0.895. The first-order valence-electron chi connectivity index (χ1n) is 9.77. The first kappa shape index (κ1) is 19.2. The lowest BCUT2D eigenvalue weighted by Crippen LogP contribution is -2.56. The maximum Gasteiger partial charge on any atom is 0.245 e. The number of hydrogen-bond donors (Lipinski definition) is 1. The van der Waals surface area contributed by atoms with Gasteiger partial charge in [0.05, 0.1) is 0 Å². The molecule has 5 heteroatoms. The summed E-state index contributed by atoms with van der Waals surface area (Å²) in [4.78, 5) is 27.0. The summed E-state index contributed by atoms with van der Waals surface area (Å²) < 4.78 is 5.37. The minimum absolute atomic E-state index is 0.0373. The topological polar surface area (TPSA) is 58.6 Å². The van der Waals surface area contributed by atoms with E-state index in [4.69, 9.17) is 4.74 Å². The zero-order chi connectivity index (χ0) is 17.4. The van der Waals surface area contributed by atoms with E-state index in [1.807, 2.05) is 13.8 Å². The highest BCUT2D eigenvalue weighted by Gasteiger charge is 2.47. The average Bonchev–Trinajstić information content (AvgIpc) is 2.83. The van der Waals surface area contributed by atoms with Gasteiger partial charge in [0.2, 0.25) is 11.8 Å². The van der Waals surface area contributed by atoms with Gasteiger partial charge in [0.25, 0.3) is 0 Å². The monoisotopic (exact) mass is 338 g/mol.